The number of nitrogens with one attached hydrogen (secondary N) is 1. The first-order valence-corrected chi connectivity index (χ1v) is 3.63. The van der Waals surface area contributed by atoms with E-state index in [-0.39, 0.29) is 6.61 Å². The first-order chi connectivity index (χ1) is 5.68. The topological polar surface area (TPSA) is 88.0 Å². The van der Waals surface area contributed by atoms with Crippen molar-refractivity contribution in [1.29, 1.82) is 0 Å². The van der Waals surface area contributed by atoms with Crippen LogP contribution < -0.4 is 5.32 Å². The summed E-state index contributed by atoms with van der Waals surface area (Å²) in [6.45, 7) is 0.0622. The highest BCUT2D eigenvalue weighted by atomic mass is 16.6. The van der Waals surface area contributed by atoms with Crippen LogP contribution in [0.1, 0.15) is 0 Å². The molecular formula is C6H9NO5. The minimum absolute atomic E-state index is 0.0622. The van der Waals surface area contributed by atoms with Crippen molar-refractivity contribution in [2.45, 2.75) is 24.5 Å². The highest BCUT2D eigenvalue weighted by Crippen LogP contribution is 2.20. The number of fused-ring (bicyclic) bond motifs is 2. The number of hydrogen-bond donors (Lipinski definition) is 3. The maximum atomic E-state index is 10.7. The van der Waals surface area contributed by atoms with Gasteiger partial charge in [-0.15, -0.1) is 0 Å². The van der Waals surface area contributed by atoms with Crippen molar-refractivity contribution >= 4 is 6.09 Å². The van der Waals surface area contributed by atoms with Crippen molar-refractivity contribution in [1.82, 2.24) is 5.32 Å². The van der Waals surface area contributed by atoms with E-state index in [1.807, 2.05) is 0 Å². The van der Waals surface area contributed by atoms with Gasteiger partial charge >= 0.3 is 6.09 Å². The van der Waals surface area contributed by atoms with Crippen LogP contribution in [0, 0.1) is 0 Å². The summed E-state index contributed by atoms with van der Waals surface area (Å²) in [4.78, 5) is 10.7. The molecular weight excluding hydrogens is 166 g/mol. The third-order valence-electron chi connectivity index (χ3n) is 1.98. The molecule has 0 saturated carbocycles. The van der Waals surface area contributed by atoms with Gasteiger partial charge in [-0.2, -0.15) is 0 Å². The van der Waals surface area contributed by atoms with Gasteiger partial charge in [0.25, 0.3) is 0 Å². The molecule has 0 spiro atoms. The Morgan fingerprint density at radius 3 is 3.00 bits per heavy atom. The summed E-state index contributed by atoms with van der Waals surface area (Å²) >= 11 is 0. The third kappa shape index (κ3) is 1.04. The highest BCUT2D eigenvalue weighted by molar-refractivity contribution is 5.68. The number of alkyl carbamates (subject to hydrolysis) is 1. The quantitative estimate of drug-likeness (QED) is 0.403. The third-order valence-corrected chi connectivity index (χ3v) is 1.98. The molecule has 2 heterocycles. The van der Waals surface area contributed by atoms with Gasteiger partial charge in [0, 0.05) is 0 Å². The van der Waals surface area contributed by atoms with Gasteiger partial charge in [0.2, 0.25) is 0 Å². The summed E-state index contributed by atoms with van der Waals surface area (Å²) in [5.74, 6) is 0. The molecule has 0 aromatic rings. The zero-order valence-electron chi connectivity index (χ0n) is 6.14. The Labute approximate surface area is 68.1 Å². The molecule has 0 unspecified atom stereocenters. The fourth-order valence-corrected chi connectivity index (χ4v) is 1.34. The monoisotopic (exact) mass is 175 g/mol. The average Bonchev–Trinajstić information content (AvgIpc) is 2.01. The number of carbonyl (C=O) groups excluding carboxylic acids is 1. The molecule has 6 nitrogen and oxygen atoms in total. The molecule has 68 valence electrons. The molecule has 0 aromatic heterocycles. The lowest BCUT2D eigenvalue weighted by Crippen LogP contribution is -2.65. The number of aliphatic hydroxyl groups is 2. The largest absolute Gasteiger partial charge is 0.440 e. The molecule has 12 heavy (non-hydrogen) atoms. The smallest absolute Gasteiger partial charge is 0.409 e. The minimum atomic E-state index is -0.994. The van der Waals surface area contributed by atoms with Crippen LogP contribution in [0.4, 0.5) is 4.79 Å². The van der Waals surface area contributed by atoms with E-state index in [4.69, 9.17) is 4.74 Å². The van der Waals surface area contributed by atoms with Crippen molar-refractivity contribution in [2.75, 3.05) is 6.61 Å². The van der Waals surface area contributed by atoms with Gasteiger partial charge in [-0.3, -0.25) is 5.32 Å². The maximum absolute atomic E-state index is 10.7. The Bertz CT molecular complexity index is 208. The Hall–Kier alpha value is -0.850. The molecule has 0 radical (unpaired) electrons. The summed E-state index contributed by atoms with van der Waals surface area (Å²) in [7, 11) is 0. The lowest BCUT2D eigenvalue weighted by molar-refractivity contribution is -0.212. The SMILES string of the molecule is O=C1N[C@@H]2OC[C@H](O)[C@H](O1)[C@@H]2O. The highest BCUT2D eigenvalue weighted by Gasteiger charge is 2.45. The summed E-state index contributed by atoms with van der Waals surface area (Å²) in [5.41, 5.74) is 0. The number of aliphatic hydroxyl groups excluding tert-OH is 2. The Balaban J connectivity index is 2.16. The summed E-state index contributed by atoms with van der Waals surface area (Å²) < 4.78 is 9.58. The molecule has 3 N–H and O–H groups in total. The van der Waals surface area contributed by atoms with Gasteiger partial charge < -0.3 is 19.7 Å². The molecule has 0 aliphatic carbocycles. The molecule has 2 aliphatic heterocycles. The summed E-state index contributed by atoms with van der Waals surface area (Å²) in [6.07, 6.45) is -4.22. The molecule has 2 rings (SSSR count). The molecule has 1 amide bonds. The van der Waals surface area contributed by atoms with Gasteiger partial charge in [0.1, 0.15) is 12.2 Å². The summed E-state index contributed by atoms with van der Waals surface area (Å²) in [5, 5.41) is 20.8. The van der Waals surface area contributed by atoms with Gasteiger partial charge in [-0.25, -0.2) is 4.79 Å². The second-order valence-electron chi connectivity index (χ2n) is 2.83. The van der Waals surface area contributed by atoms with Gasteiger partial charge in [0.15, 0.2) is 12.3 Å². The summed E-state index contributed by atoms with van der Waals surface area (Å²) in [6, 6.07) is 0. The van der Waals surface area contributed by atoms with E-state index in [0.717, 1.165) is 0 Å². The Morgan fingerprint density at radius 1 is 1.50 bits per heavy atom. The Kier molecular flexibility index (Phi) is 1.67. The predicted octanol–water partition coefficient (Wildman–Crippen LogP) is -1.83. The van der Waals surface area contributed by atoms with Crippen molar-refractivity contribution in [2.24, 2.45) is 0 Å². The maximum Gasteiger partial charge on any atom is 0.409 e. The van der Waals surface area contributed by atoms with Crippen LogP contribution in [0.3, 0.4) is 0 Å². The van der Waals surface area contributed by atoms with Crippen LogP contribution >= 0.6 is 0 Å². The lowest BCUT2D eigenvalue weighted by Gasteiger charge is -2.41. The molecule has 6 heteroatoms. The second-order valence-corrected chi connectivity index (χ2v) is 2.83. The van der Waals surface area contributed by atoms with Crippen LogP contribution in [0.2, 0.25) is 0 Å². The number of hydrogen-bond acceptors (Lipinski definition) is 5. The van der Waals surface area contributed by atoms with Crippen molar-refractivity contribution < 1.29 is 24.5 Å². The predicted molar refractivity (Wildman–Crippen MR) is 35.2 cm³/mol. The minimum Gasteiger partial charge on any atom is -0.440 e. The molecule has 2 aliphatic rings. The van der Waals surface area contributed by atoms with Gasteiger partial charge in [0.05, 0.1) is 6.61 Å². The normalized spacial score (nSPS) is 46.3. The fourth-order valence-electron chi connectivity index (χ4n) is 1.34. The number of amides is 1. The van der Waals surface area contributed by atoms with Crippen LogP contribution in [-0.2, 0) is 9.47 Å². The second kappa shape index (κ2) is 2.58. The average molecular weight is 175 g/mol. The zero-order valence-corrected chi connectivity index (χ0v) is 6.14. The lowest BCUT2D eigenvalue weighted by atomic mass is 10.0. The van der Waals surface area contributed by atoms with Crippen molar-refractivity contribution in [3.8, 4) is 0 Å². The van der Waals surface area contributed by atoms with E-state index in [1.165, 1.54) is 0 Å². The first-order valence-electron chi connectivity index (χ1n) is 3.63. The first kappa shape index (κ1) is 7.78. The Morgan fingerprint density at radius 2 is 2.25 bits per heavy atom. The molecule has 2 fully saturated rings. The number of ether oxygens (including phenoxy) is 2. The van der Waals surface area contributed by atoms with E-state index in [1.54, 1.807) is 0 Å². The molecule has 0 aromatic carbocycles. The molecule has 2 saturated heterocycles. The van der Waals surface area contributed by atoms with Crippen molar-refractivity contribution in [3.05, 3.63) is 0 Å². The van der Waals surface area contributed by atoms with Crippen LogP contribution in [0.25, 0.3) is 0 Å². The van der Waals surface area contributed by atoms with E-state index in [9.17, 15) is 15.0 Å². The van der Waals surface area contributed by atoms with E-state index in [2.05, 4.69) is 10.1 Å². The number of carbonyl (C=O) groups is 1. The van der Waals surface area contributed by atoms with Gasteiger partial charge in [-0.1, -0.05) is 0 Å². The van der Waals surface area contributed by atoms with Crippen LogP contribution in [0.5, 0.6) is 0 Å². The van der Waals surface area contributed by atoms with Crippen LogP contribution in [0.15, 0.2) is 0 Å². The van der Waals surface area contributed by atoms with Gasteiger partial charge in [-0.05, 0) is 0 Å². The fraction of sp³-hybridized carbons (Fsp3) is 0.833. The van der Waals surface area contributed by atoms with Crippen molar-refractivity contribution in [3.63, 3.8) is 0 Å². The standard InChI is InChI=1S/C6H9NO5/c8-2-1-11-5-3(9)4(2)12-6(10)7-5/h2-5,8-9H,1H2,(H,7,10)/t2-,3-,4-,5+/m0/s1. The van der Waals surface area contributed by atoms with Crippen LogP contribution in [-0.4, -0.2) is 47.5 Å². The molecule has 2 bridgehead atoms. The molecule has 4 atom stereocenters. The zero-order chi connectivity index (χ0) is 8.72. The van der Waals surface area contributed by atoms with E-state index in [0.29, 0.717) is 0 Å². The number of rotatable bonds is 0. The van der Waals surface area contributed by atoms with E-state index >= 15 is 0 Å². The van der Waals surface area contributed by atoms with E-state index < -0.39 is 30.6 Å².